The summed E-state index contributed by atoms with van der Waals surface area (Å²) < 4.78 is 7.04. The molecule has 0 aliphatic heterocycles. The van der Waals surface area contributed by atoms with Crippen LogP contribution in [0.15, 0.2) is 89.7 Å². The maximum atomic E-state index is 5.81. The number of rotatable bonds is 2. The fourth-order valence-corrected chi connectivity index (χ4v) is 5.64. The van der Waals surface area contributed by atoms with Crippen molar-refractivity contribution in [1.82, 2.24) is 4.98 Å². The molecule has 0 fully saturated rings. The number of nitrogens with zero attached hydrogens (tertiary/aromatic N) is 1. The number of furan rings is 1. The van der Waals surface area contributed by atoms with Gasteiger partial charge in [0.05, 0.1) is 5.69 Å². The van der Waals surface area contributed by atoms with Gasteiger partial charge < -0.3 is 4.42 Å². The summed E-state index contributed by atoms with van der Waals surface area (Å²) in [6.45, 7) is 6.83. The van der Waals surface area contributed by atoms with Gasteiger partial charge in [0, 0.05) is 37.7 Å². The molecule has 6 rings (SSSR count). The predicted octanol–water partition coefficient (Wildman–Crippen LogP) is 8.83. The number of pyridine rings is 1. The first-order chi connectivity index (χ1) is 15.5. The van der Waals surface area contributed by atoms with E-state index in [1.165, 1.54) is 36.9 Å². The van der Waals surface area contributed by atoms with Crippen LogP contribution in [0.1, 0.15) is 26.3 Å². The van der Waals surface area contributed by atoms with E-state index in [1.807, 2.05) is 24.6 Å². The normalized spacial score (nSPS) is 12.2. The first-order valence-electron chi connectivity index (χ1n) is 10.9. The van der Waals surface area contributed by atoms with Gasteiger partial charge in [0.15, 0.2) is 0 Å². The van der Waals surface area contributed by atoms with Crippen molar-refractivity contribution in [3.8, 4) is 21.7 Å². The fraction of sp³-hybridized carbons (Fsp3) is 0.138. The van der Waals surface area contributed by atoms with Gasteiger partial charge in [-0.2, -0.15) is 0 Å². The Morgan fingerprint density at radius 1 is 0.812 bits per heavy atom. The van der Waals surface area contributed by atoms with Crippen LogP contribution in [0.3, 0.4) is 0 Å². The van der Waals surface area contributed by atoms with E-state index in [9.17, 15) is 0 Å². The van der Waals surface area contributed by atoms with Gasteiger partial charge in [-0.3, -0.25) is 4.98 Å². The topological polar surface area (TPSA) is 26.0 Å². The third kappa shape index (κ3) is 3.04. The van der Waals surface area contributed by atoms with E-state index in [4.69, 9.17) is 9.40 Å². The smallest absolute Gasteiger partial charge is 0.134 e. The van der Waals surface area contributed by atoms with Crippen molar-refractivity contribution in [2.24, 2.45) is 0 Å². The maximum Gasteiger partial charge on any atom is 0.134 e. The number of hydrogen-bond acceptors (Lipinski definition) is 3. The quantitative estimate of drug-likeness (QED) is 0.273. The molecule has 156 valence electrons. The largest absolute Gasteiger partial charge is 0.464 e. The highest BCUT2D eigenvalue weighted by Crippen LogP contribution is 2.42. The molecule has 32 heavy (non-hydrogen) atoms. The maximum absolute atomic E-state index is 5.81. The van der Waals surface area contributed by atoms with E-state index in [1.54, 1.807) is 11.3 Å². The summed E-state index contributed by atoms with van der Waals surface area (Å²) in [6.07, 6.45) is 3.80. The van der Waals surface area contributed by atoms with E-state index >= 15 is 0 Å². The summed E-state index contributed by atoms with van der Waals surface area (Å²) >= 11 is 1.79. The van der Waals surface area contributed by atoms with Gasteiger partial charge in [-0.25, -0.2) is 0 Å². The van der Waals surface area contributed by atoms with Crippen LogP contribution in [0.4, 0.5) is 0 Å². The Bertz CT molecular complexity index is 1610. The molecule has 3 aromatic heterocycles. The second kappa shape index (κ2) is 7.04. The van der Waals surface area contributed by atoms with Crippen molar-refractivity contribution in [2.45, 2.75) is 26.2 Å². The molecule has 0 amide bonds. The average Bonchev–Trinajstić information content (AvgIpc) is 3.41. The SMILES string of the molecule is CC(C)(C)c1cc(-c2nccc3sc(-c4coc5ccccc45)cc23)cc2ccccc12. The fourth-order valence-electron chi connectivity index (χ4n) is 4.56. The van der Waals surface area contributed by atoms with Gasteiger partial charge >= 0.3 is 0 Å². The van der Waals surface area contributed by atoms with Crippen molar-refractivity contribution >= 4 is 43.2 Å². The summed E-state index contributed by atoms with van der Waals surface area (Å²) in [6, 6.07) is 25.8. The third-order valence-corrected chi connectivity index (χ3v) is 7.27. The molecular formula is C29H23NOS. The number of aromatic nitrogens is 1. The Morgan fingerprint density at radius 2 is 1.59 bits per heavy atom. The molecule has 0 aliphatic carbocycles. The number of hydrogen-bond donors (Lipinski definition) is 0. The number of benzene rings is 3. The van der Waals surface area contributed by atoms with Gasteiger partial charge in [-0.1, -0.05) is 63.2 Å². The molecule has 0 bridgehead atoms. The zero-order valence-electron chi connectivity index (χ0n) is 18.3. The summed E-state index contributed by atoms with van der Waals surface area (Å²) in [5.74, 6) is 0. The zero-order chi connectivity index (χ0) is 21.9. The highest BCUT2D eigenvalue weighted by molar-refractivity contribution is 7.22. The van der Waals surface area contributed by atoms with Crippen molar-refractivity contribution < 1.29 is 4.42 Å². The molecule has 3 aromatic carbocycles. The molecule has 6 aromatic rings. The Morgan fingerprint density at radius 3 is 2.44 bits per heavy atom. The van der Waals surface area contributed by atoms with Crippen LogP contribution in [0.2, 0.25) is 0 Å². The molecule has 0 N–H and O–H groups in total. The van der Waals surface area contributed by atoms with Crippen LogP contribution in [-0.2, 0) is 5.41 Å². The van der Waals surface area contributed by atoms with E-state index in [2.05, 4.69) is 81.4 Å². The monoisotopic (exact) mass is 433 g/mol. The van der Waals surface area contributed by atoms with Gasteiger partial charge in [-0.05, 0) is 52.1 Å². The van der Waals surface area contributed by atoms with Gasteiger partial charge in [0.25, 0.3) is 0 Å². The highest BCUT2D eigenvalue weighted by Gasteiger charge is 2.20. The molecule has 3 heterocycles. The highest BCUT2D eigenvalue weighted by atomic mass is 32.1. The van der Waals surface area contributed by atoms with Crippen LogP contribution in [0, 0.1) is 0 Å². The van der Waals surface area contributed by atoms with Crippen molar-refractivity contribution in [3.63, 3.8) is 0 Å². The van der Waals surface area contributed by atoms with E-state index in [-0.39, 0.29) is 5.41 Å². The van der Waals surface area contributed by atoms with E-state index in [0.717, 1.165) is 22.2 Å². The average molecular weight is 434 g/mol. The van der Waals surface area contributed by atoms with Crippen LogP contribution < -0.4 is 0 Å². The first-order valence-corrected chi connectivity index (χ1v) is 11.7. The Labute approximate surface area is 191 Å². The lowest BCUT2D eigenvalue weighted by Crippen LogP contribution is -2.12. The Kier molecular flexibility index (Phi) is 4.24. The minimum Gasteiger partial charge on any atom is -0.464 e. The van der Waals surface area contributed by atoms with Crippen molar-refractivity contribution in [1.29, 1.82) is 0 Å². The van der Waals surface area contributed by atoms with Crippen molar-refractivity contribution in [3.05, 3.63) is 90.8 Å². The lowest BCUT2D eigenvalue weighted by Gasteiger charge is -2.22. The summed E-state index contributed by atoms with van der Waals surface area (Å²) in [4.78, 5) is 6.05. The zero-order valence-corrected chi connectivity index (χ0v) is 19.2. The molecule has 2 nitrogen and oxygen atoms in total. The Balaban J connectivity index is 1.59. The predicted molar refractivity (Wildman–Crippen MR) is 136 cm³/mol. The van der Waals surface area contributed by atoms with Gasteiger partial charge in [0.2, 0.25) is 0 Å². The lowest BCUT2D eigenvalue weighted by molar-refractivity contribution is 0.596. The van der Waals surface area contributed by atoms with Crippen LogP contribution in [-0.4, -0.2) is 4.98 Å². The molecule has 0 unspecified atom stereocenters. The second-order valence-corrected chi connectivity index (χ2v) is 10.4. The number of para-hydroxylation sites is 1. The molecule has 0 saturated heterocycles. The molecule has 0 aliphatic rings. The second-order valence-electron chi connectivity index (χ2n) is 9.32. The van der Waals surface area contributed by atoms with Crippen LogP contribution in [0.5, 0.6) is 0 Å². The minimum absolute atomic E-state index is 0.0407. The lowest BCUT2D eigenvalue weighted by atomic mass is 9.82. The number of thiophene rings is 1. The van der Waals surface area contributed by atoms with Crippen LogP contribution in [0.25, 0.3) is 53.5 Å². The van der Waals surface area contributed by atoms with E-state index in [0.29, 0.717) is 0 Å². The molecule has 0 saturated carbocycles. The molecule has 0 radical (unpaired) electrons. The Hall–Kier alpha value is -3.43. The number of fused-ring (bicyclic) bond motifs is 3. The molecule has 3 heteroatoms. The van der Waals surface area contributed by atoms with Gasteiger partial charge in [-0.15, -0.1) is 11.3 Å². The summed E-state index contributed by atoms with van der Waals surface area (Å²) in [5.41, 5.74) is 5.65. The molecule has 0 spiro atoms. The summed E-state index contributed by atoms with van der Waals surface area (Å²) in [7, 11) is 0. The minimum atomic E-state index is 0.0407. The van der Waals surface area contributed by atoms with Crippen molar-refractivity contribution in [2.75, 3.05) is 0 Å². The van der Waals surface area contributed by atoms with E-state index < -0.39 is 0 Å². The van der Waals surface area contributed by atoms with Gasteiger partial charge in [0.1, 0.15) is 11.8 Å². The standard InChI is InChI=1S/C29H23NOS/c1-29(2,3)24-15-19(14-18-8-4-5-9-20(18)24)28-22-16-27(32-26(22)12-13-30-28)23-17-31-25-11-7-6-10-21(23)25/h4-17H,1-3H3. The van der Waals surface area contributed by atoms with Crippen LogP contribution >= 0.6 is 11.3 Å². The molecule has 0 atom stereocenters. The first kappa shape index (κ1) is 19.3. The third-order valence-electron chi connectivity index (χ3n) is 6.14. The summed E-state index contributed by atoms with van der Waals surface area (Å²) in [5, 5.41) is 4.90. The molecular weight excluding hydrogens is 410 g/mol.